The van der Waals surface area contributed by atoms with Crippen molar-refractivity contribution in [2.75, 3.05) is 13.1 Å². The van der Waals surface area contributed by atoms with E-state index in [1.165, 1.54) is 13.8 Å². The lowest BCUT2D eigenvalue weighted by Crippen LogP contribution is -2.44. The molecular weight excluding hydrogens is 355 g/mol. The Hall–Kier alpha value is -0.250. The van der Waals surface area contributed by atoms with E-state index in [1.54, 1.807) is 41.5 Å². The highest BCUT2D eigenvalue weighted by Gasteiger charge is 2.30. The Morgan fingerprint density at radius 2 is 1.08 bits per heavy atom. The van der Waals surface area contributed by atoms with Crippen molar-refractivity contribution in [2.24, 2.45) is 0 Å². The van der Waals surface area contributed by atoms with Gasteiger partial charge in [0.15, 0.2) is 0 Å². The molecule has 0 saturated carbocycles. The molecule has 24 heavy (non-hydrogen) atoms. The fourth-order valence-electron chi connectivity index (χ4n) is 0.936. The SMILES string of the molecule is CC(C)(F)CNS(=O)(=O)C(C)(C)C.CCCNS(=O)(=O)C(C)(C)C. The first kappa shape index (κ1) is 26.0. The predicted octanol–water partition coefficient (Wildman–Crippen LogP) is 2.57. The molecule has 0 aromatic carbocycles. The molecule has 2 N–H and O–H groups in total. The molecule has 0 aliphatic heterocycles. The summed E-state index contributed by atoms with van der Waals surface area (Å²) >= 11 is 0. The molecule has 0 spiro atoms. The summed E-state index contributed by atoms with van der Waals surface area (Å²) in [6.45, 7) is 14.7. The Labute approximate surface area is 148 Å². The molecule has 0 heterocycles. The molecule has 0 atom stereocenters. The molecule has 148 valence electrons. The molecular formula is C15H35FN2O4S2. The molecule has 0 saturated heterocycles. The average Bonchev–Trinajstić information content (AvgIpc) is 2.31. The van der Waals surface area contributed by atoms with Gasteiger partial charge in [-0.1, -0.05) is 6.92 Å². The number of rotatable bonds is 6. The van der Waals surface area contributed by atoms with Crippen molar-refractivity contribution < 1.29 is 21.2 Å². The van der Waals surface area contributed by atoms with E-state index in [2.05, 4.69) is 9.44 Å². The first-order chi connectivity index (χ1) is 10.3. The standard InChI is InChI=1S/C8H18FNO2S.C7H17NO2S/c1-7(2,3)13(11,12)10-6-8(4,5)9;1-5-6-8-11(9,10)7(2,3)4/h10H,6H2,1-5H3;8H,5-6H2,1-4H3. The number of sulfonamides is 2. The normalized spacial score (nSPS) is 14.1. The van der Waals surface area contributed by atoms with Gasteiger partial charge in [-0.25, -0.2) is 30.7 Å². The van der Waals surface area contributed by atoms with Gasteiger partial charge in [-0.3, -0.25) is 0 Å². The Bertz CT molecular complexity index is 566. The van der Waals surface area contributed by atoms with Crippen molar-refractivity contribution in [2.45, 2.75) is 83.9 Å². The molecule has 0 bridgehead atoms. The summed E-state index contributed by atoms with van der Waals surface area (Å²) in [5, 5.41) is 0. The predicted molar refractivity (Wildman–Crippen MR) is 98.8 cm³/mol. The van der Waals surface area contributed by atoms with Gasteiger partial charge in [-0.15, -0.1) is 0 Å². The van der Waals surface area contributed by atoms with Crippen LogP contribution in [0, 0.1) is 0 Å². The molecule has 9 heteroatoms. The summed E-state index contributed by atoms with van der Waals surface area (Å²) in [6, 6.07) is 0. The lowest BCUT2D eigenvalue weighted by molar-refractivity contribution is 0.220. The van der Waals surface area contributed by atoms with Gasteiger partial charge in [0.1, 0.15) is 5.67 Å². The molecule has 0 aliphatic carbocycles. The maximum atomic E-state index is 13.0. The molecule has 0 fully saturated rings. The van der Waals surface area contributed by atoms with Crippen molar-refractivity contribution in [3.63, 3.8) is 0 Å². The topological polar surface area (TPSA) is 92.3 Å². The lowest BCUT2D eigenvalue weighted by atomic mass is 10.2. The van der Waals surface area contributed by atoms with Gasteiger partial charge >= 0.3 is 0 Å². The third kappa shape index (κ3) is 10.6. The van der Waals surface area contributed by atoms with Crippen LogP contribution >= 0.6 is 0 Å². The number of hydrogen-bond donors (Lipinski definition) is 2. The second-order valence-corrected chi connectivity index (χ2v) is 13.2. The first-order valence-electron chi connectivity index (χ1n) is 7.94. The van der Waals surface area contributed by atoms with E-state index in [1.807, 2.05) is 6.92 Å². The largest absolute Gasteiger partial charge is 0.243 e. The van der Waals surface area contributed by atoms with E-state index >= 15 is 0 Å². The molecule has 0 unspecified atom stereocenters. The third-order valence-electron chi connectivity index (χ3n) is 2.84. The van der Waals surface area contributed by atoms with Crippen LogP contribution in [0.5, 0.6) is 0 Å². The zero-order chi connectivity index (χ0) is 20.0. The first-order valence-corrected chi connectivity index (χ1v) is 10.9. The minimum Gasteiger partial charge on any atom is -0.243 e. The molecule has 0 aromatic rings. The minimum absolute atomic E-state index is 0.188. The van der Waals surface area contributed by atoms with Gasteiger partial charge in [0.05, 0.1) is 9.49 Å². The summed E-state index contributed by atoms with van der Waals surface area (Å²) in [4.78, 5) is 0. The highest BCUT2D eigenvalue weighted by Crippen LogP contribution is 2.15. The zero-order valence-electron chi connectivity index (χ0n) is 16.4. The quantitative estimate of drug-likeness (QED) is 0.729. The summed E-state index contributed by atoms with van der Waals surface area (Å²) in [6.07, 6.45) is 0.829. The van der Waals surface area contributed by atoms with Gasteiger partial charge in [0.25, 0.3) is 0 Å². The molecule has 0 amide bonds. The summed E-state index contributed by atoms with van der Waals surface area (Å²) in [5.41, 5.74) is -1.52. The highest BCUT2D eigenvalue weighted by atomic mass is 32.2. The smallest absolute Gasteiger partial charge is 0.216 e. The zero-order valence-corrected chi connectivity index (χ0v) is 18.1. The third-order valence-corrected chi connectivity index (χ3v) is 7.17. The molecule has 0 aliphatic rings. The Kier molecular flexibility index (Phi) is 9.65. The Morgan fingerprint density at radius 3 is 1.33 bits per heavy atom. The van der Waals surface area contributed by atoms with E-state index in [9.17, 15) is 21.2 Å². The van der Waals surface area contributed by atoms with Gasteiger partial charge < -0.3 is 0 Å². The van der Waals surface area contributed by atoms with Crippen LogP contribution in [-0.4, -0.2) is 45.1 Å². The molecule has 0 aromatic heterocycles. The van der Waals surface area contributed by atoms with Gasteiger partial charge in [-0.05, 0) is 61.8 Å². The lowest BCUT2D eigenvalue weighted by Gasteiger charge is -2.22. The fourth-order valence-corrected chi connectivity index (χ4v) is 2.81. The number of hydrogen-bond acceptors (Lipinski definition) is 4. The Morgan fingerprint density at radius 1 is 0.750 bits per heavy atom. The summed E-state index contributed by atoms with van der Waals surface area (Å²) in [5.74, 6) is 0. The van der Waals surface area contributed by atoms with Crippen LogP contribution in [0.15, 0.2) is 0 Å². The number of halogens is 1. The van der Waals surface area contributed by atoms with E-state index in [4.69, 9.17) is 0 Å². The van der Waals surface area contributed by atoms with E-state index < -0.39 is 35.2 Å². The number of alkyl halides is 1. The van der Waals surface area contributed by atoms with Crippen molar-refractivity contribution in [3.05, 3.63) is 0 Å². The minimum atomic E-state index is -3.42. The van der Waals surface area contributed by atoms with Crippen molar-refractivity contribution in [1.29, 1.82) is 0 Å². The van der Waals surface area contributed by atoms with Crippen LogP contribution in [0.25, 0.3) is 0 Å². The molecule has 6 nitrogen and oxygen atoms in total. The summed E-state index contributed by atoms with van der Waals surface area (Å²) in [7, 11) is -6.53. The monoisotopic (exact) mass is 390 g/mol. The average molecular weight is 391 g/mol. The fraction of sp³-hybridized carbons (Fsp3) is 1.00. The maximum absolute atomic E-state index is 13.0. The van der Waals surface area contributed by atoms with Crippen LogP contribution in [0.3, 0.4) is 0 Å². The highest BCUT2D eigenvalue weighted by molar-refractivity contribution is 7.91. The van der Waals surface area contributed by atoms with E-state index in [0.717, 1.165) is 6.42 Å². The van der Waals surface area contributed by atoms with Crippen molar-refractivity contribution in [3.8, 4) is 0 Å². The van der Waals surface area contributed by atoms with Crippen LogP contribution in [0.1, 0.15) is 68.7 Å². The van der Waals surface area contributed by atoms with Crippen molar-refractivity contribution >= 4 is 20.0 Å². The van der Waals surface area contributed by atoms with Crippen LogP contribution < -0.4 is 9.44 Å². The van der Waals surface area contributed by atoms with Crippen LogP contribution in [0.2, 0.25) is 0 Å². The maximum Gasteiger partial charge on any atom is 0.216 e. The second kappa shape index (κ2) is 8.91. The molecule has 0 radical (unpaired) electrons. The second-order valence-electron chi connectivity index (χ2n) is 8.17. The van der Waals surface area contributed by atoms with E-state index in [-0.39, 0.29) is 6.54 Å². The van der Waals surface area contributed by atoms with Gasteiger partial charge in [0.2, 0.25) is 20.0 Å². The van der Waals surface area contributed by atoms with Gasteiger partial charge in [0, 0.05) is 13.1 Å². The number of nitrogens with one attached hydrogen (secondary N) is 2. The van der Waals surface area contributed by atoms with Crippen LogP contribution in [0.4, 0.5) is 4.39 Å². The molecule has 0 rings (SSSR count). The summed E-state index contributed by atoms with van der Waals surface area (Å²) < 4.78 is 61.6. The van der Waals surface area contributed by atoms with E-state index in [0.29, 0.717) is 6.54 Å². The van der Waals surface area contributed by atoms with Crippen LogP contribution in [-0.2, 0) is 20.0 Å². The Balaban J connectivity index is 0. The van der Waals surface area contributed by atoms with Crippen molar-refractivity contribution in [1.82, 2.24) is 9.44 Å². The van der Waals surface area contributed by atoms with Gasteiger partial charge in [-0.2, -0.15) is 0 Å².